The van der Waals surface area contributed by atoms with Gasteiger partial charge in [0.15, 0.2) is 0 Å². The van der Waals surface area contributed by atoms with Crippen LogP contribution >= 0.6 is 11.6 Å². The Kier molecular flexibility index (Phi) is 4.15. The number of nitrogens with one attached hydrogen (secondary N) is 1. The van der Waals surface area contributed by atoms with Gasteiger partial charge in [-0.1, -0.05) is 23.7 Å². The Morgan fingerprint density at radius 2 is 2.14 bits per heavy atom. The SMILES string of the molecule is Nc1ccccc1C(=O)NC1CCN(c2ncccc2Cl)C1. The molecule has 1 unspecified atom stereocenters. The highest BCUT2D eigenvalue weighted by molar-refractivity contribution is 6.32. The van der Waals surface area contributed by atoms with Gasteiger partial charge in [-0.25, -0.2) is 4.98 Å². The number of amides is 1. The van der Waals surface area contributed by atoms with Crippen molar-refractivity contribution in [1.29, 1.82) is 0 Å². The summed E-state index contributed by atoms with van der Waals surface area (Å²) in [5, 5.41) is 3.65. The zero-order valence-corrected chi connectivity index (χ0v) is 12.8. The monoisotopic (exact) mass is 316 g/mol. The van der Waals surface area contributed by atoms with Gasteiger partial charge in [-0.3, -0.25) is 4.79 Å². The van der Waals surface area contributed by atoms with Crippen LogP contribution in [0.1, 0.15) is 16.8 Å². The molecule has 1 saturated heterocycles. The van der Waals surface area contributed by atoms with Crippen molar-refractivity contribution >= 4 is 29.0 Å². The number of para-hydroxylation sites is 1. The highest BCUT2D eigenvalue weighted by atomic mass is 35.5. The van der Waals surface area contributed by atoms with Crippen LogP contribution in [0.15, 0.2) is 42.6 Å². The van der Waals surface area contributed by atoms with Crippen LogP contribution in [-0.2, 0) is 0 Å². The topological polar surface area (TPSA) is 71.2 Å². The summed E-state index contributed by atoms with van der Waals surface area (Å²) in [5.74, 6) is 0.622. The number of carbonyl (C=O) groups is 1. The first kappa shape index (κ1) is 14.7. The molecule has 3 N–H and O–H groups in total. The molecule has 0 radical (unpaired) electrons. The second-order valence-corrected chi connectivity index (χ2v) is 5.71. The van der Waals surface area contributed by atoms with E-state index in [1.54, 1.807) is 30.5 Å². The Hall–Kier alpha value is -2.27. The molecule has 0 aliphatic carbocycles. The zero-order valence-electron chi connectivity index (χ0n) is 12.0. The lowest BCUT2D eigenvalue weighted by Gasteiger charge is -2.19. The van der Waals surface area contributed by atoms with E-state index < -0.39 is 0 Å². The third-order valence-corrected chi connectivity index (χ3v) is 4.06. The van der Waals surface area contributed by atoms with Crippen LogP contribution < -0.4 is 16.0 Å². The van der Waals surface area contributed by atoms with Crippen molar-refractivity contribution in [3.05, 3.63) is 53.2 Å². The first-order valence-corrected chi connectivity index (χ1v) is 7.54. The number of nitrogen functional groups attached to an aromatic ring is 1. The second kappa shape index (κ2) is 6.23. The van der Waals surface area contributed by atoms with E-state index in [0.29, 0.717) is 22.8 Å². The maximum atomic E-state index is 12.3. The molecule has 1 atom stereocenters. The van der Waals surface area contributed by atoms with Gasteiger partial charge >= 0.3 is 0 Å². The maximum Gasteiger partial charge on any atom is 0.253 e. The molecular weight excluding hydrogens is 300 g/mol. The molecule has 1 aromatic heterocycles. The van der Waals surface area contributed by atoms with Crippen molar-refractivity contribution < 1.29 is 4.79 Å². The molecule has 2 aromatic rings. The number of hydrogen-bond donors (Lipinski definition) is 2. The van der Waals surface area contributed by atoms with Crippen LogP contribution in [0.25, 0.3) is 0 Å². The van der Waals surface area contributed by atoms with E-state index in [0.717, 1.165) is 18.8 Å². The lowest BCUT2D eigenvalue weighted by atomic mass is 10.1. The van der Waals surface area contributed by atoms with Gasteiger partial charge in [0.05, 0.1) is 10.6 Å². The second-order valence-electron chi connectivity index (χ2n) is 5.30. The fourth-order valence-electron chi connectivity index (χ4n) is 2.65. The minimum atomic E-state index is -0.142. The minimum absolute atomic E-state index is 0.0604. The van der Waals surface area contributed by atoms with Gasteiger partial charge in [0.25, 0.3) is 5.91 Å². The summed E-state index contributed by atoms with van der Waals surface area (Å²) < 4.78 is 0. The predicted octanol–water partition coefficient (Wildman–Crippen LogP) is 2.33. The summed E-state index contributed by atoms with van der Waals surface area (Å²) in [4.78, 5) is 18.7. The number of halogens is 1. The van der Waals surface area contributed by atoms with Crippen molar-refractivity contribution in [2.45, 2.75) is 12.5 Å². The summed E-state index contributed by atoms with van der Waals surface area (Å²) in [7, 11) is 0. The van der Waals surface area contributed by atoms with E-state index in [2.05, 4.69) is 15.2 Å². The highest BCUT2D eigenvalue weighted by Crippen LogP contribution is 2.26. The molecule has 22 heavy (non-hydrogen) atoms. The van der Waals surface area contributed by atoms with Gasteiger partial charge in [0.2, 0.25) is 0 Å². The van der Waals surface area contributed by atoms with Crippen LogP contribution in [-0.4, -0.2) is 30.0 Å². The van der Waals surface area contributed by atoms with Gasteiger partial charge in [-0.15, -0.1) is 0 Å². The highest BCUT2D eigenvalue weighted by Gasteiger charge is 2.26. The number of rotatable bonds is 3. The Bertz CT molecular complexity index is 691. The summed E-state index contributed by atoms with van der Waals surface area (Å²) >= 11 is 6.17. The van der Waals surface area contributed by atoms with Crippen LogP contribution in [0.2, 0.25) is 5.02 Å². The third kappa shape index (κ3) is 2.99. The van der Waals surface area contributed by atoms with E-state index in [1.807, 2.05) is 12.1 Å². The Balaban J connectivity index is 1.65. The molecule has 3 rings (SSSR count). The summed E-state index contributed by atoms with van der Waals surface area (Å²) in [5.41, 5.74) is 6.83. The van der Waals surface area contributed by atoms with E-state index in [-0.39, 0.29) is 11.9 Å². The van der Waals surface area contributed by atoms with Crippen LogP contribution in [0.3, 0.4) is 0 Å². The molecule has 2 heterocycles. The fourth-order valence-corrected chi connectivity index (χ4v) is 2.89. The van der Waals surface area contributed by atoms with E-state index in [4.69, 9.17) is 17.3 Å². The molecule has 6 heteroatoms. The first-order chi connectivity index (χ1) is 10.6. The quantitative estimate of drug-likeness (QED) is 0.853. The van der Waals surface area contributed by atoms with E-state index in [1.165, 1.54) is 0 Å². The van der Waals surface area contributed by atoms with Crippen molar-refractivity contribution in [3.8, 4) is 0 Å². The summed E-state index contributed by atoms with van der Waals surface area (Å²) in [6, 6.07) is 10.8. The van der Waals surface area contributed by atoms with Crippen LogP contribution in [0.5, 0.6) is 0 Å². The number of nitrogens with two attached hydrogens (primary N) is 1. The maximum absolute atomic E-state index is 12.3. The standard InChI is InChI=1S/C16H17ClN4O/c17-13-5-3-8-19-15(13)21-9-7-11(10-21)20-16(22)12-4-1-2-6-14(12)18/h1-6,8,11H,7,9-10,18H2,(H,20,22). The molecule has 1 amide bonds. The number of nitrogens with zero attached hydrogens (tertiary/aromatic N) is 2. The van der Waals surface area contributed by atoms with Gasteiger partial charge < -0.3 is 16.0 Å². The van der Waals surface area contributed by atoms with Crippen molar-refractivity contribution in [1.82, 2.24) is 10.3 Å². The molecule has 114 valence electrons. The normalized spacial score (nSPS) is 17.5. The Morgan fingerprint density at radius 1 is 1.32 bits per heavy atom. The predicted molar refractivity (Wildman–Crippen MR) is 88.2 cm³/mol. The summed E-state index contributed by atoms with van der Waals surface area (Å²) in [6.45, 7) is 1.50. The molecule has 0 spiro atoms. The van der Waals surface area contributed by atoms with Gasteiger partial charge in [-0.05, 0) is 30.7 Å². The molecular formula is C16H17ClN4O. The minimum Gasteiger partial charge on any atom is -0.398 e. The largest absolute Gasteiger partial charge is 0.398 e. The lowest BCUT2D eigenvalue weighted by Crippen LogP contribution is -2.37. The average molecular weight is 317 g/mol. The molecule has 1 aliphatic heterocycles. The van der Waals surface area contributed by atoms with E-state index in [9.17, 15) is 4.79 Å². The molecule has 0 saturated carbocycles. The molecule has 5 nitrogen and oxygen atoms in total. The molecule has 1 fully saturated rings. The molecule has 0 bridgehead atoms. The number of aromatic nitrogens is 1. The Morgan fingerprint density at radius 3 is 2.91 bits per heavy atom. The average Bonchev–Trinajstić information content (AvgIpc) is 2.96. The van der Waals surface area contributed by atoms with E-state index >= 15 is 0 Å². The number of hydrogen-bond acceptors (Lipinski definition) is 4. The lowest BCUT2D eigenvalue weighted by molar-refractivity contribution is 0.0941. The van der Waals surface area contributed by atoms with Crippen LogP contribution in [0, 0.1) is 0 Å². The summed E-state index contributed by atoms with van der Waals surface area (Å²) in [6.07, 6.45) is 2.57. The number of pyridine rings is 1. The van der Waals surface area contributed by atoms with Crippen molar-refractivity contribution in [3.63, 3.8) is 0 Å². The molecule has 1 aliphatic rings. The van der Waals surface area contributed by atoms with Gasteiger partial charge in [-0.2, -0.15) is 0 Å². The Labute approximate surface area is 134 Å². The fraction of sp³-hybridized carbons (Fsp3) is 0.250. The number of carbonyl (C=O) groups excluding carboxylic acids is 1. The molecule has 1 aromatic carbocycles. The zero-order chi connectivity index (χ0) is 15.5. The van der Waals surface area contributed by atoms with Crippen molar-refractivity contribution in [2.24, 2.45) is 0 Å². The third-order valence-electron chi connectivity index (χ3n) is 3.77. The smallest absolute Gasteiger partial charge is 0.253 e. The number of benzene rings is 1. The van der Waals surface area contributed by atoms with Crippen LogP contribution in [0.4, 0.5) is 11.5 Å². The van der Waals surface area contributed by atoms with Gasteiger partial charge in [0, 0.05) is 31.0 Å². The van der Waals surface area contributed by atoms with Gasteiger partial charge in [0.1, 0.15) is 5.82 Å². The van der Waals surface area contributed by atoms with Crippen molar-refractivity contribution in [2.75, 3.05) is 23.7 Å². The first-order valence-electron chi connectivity index (χ1n) is 7.16. The number of anilines is 2.